The zero-order chi connectivity index (χ0) is 17.3. The fourth-order valence-corrected chi connectivity index (χ4v) is 3.91. The number of unbranched alkanes of at least 4 members (excludes halogenated alkanes) is 1. The maximum absolute atomic E-state index is 12.6. The van der Waals surface area contributed by atoms with Crippen LogP contribution >= 0.6 is 11.6 Å². The van der Waals surface area contributed by atoms with Crippen molar-refractivity contribution in [1.82, 2.24) is 4.90 Å². The molecule has 1 fully saturated rings. The van der Waals surface area contributed by atoms with E-state index >= 15 is 0 Å². The Morgan fingerprint density at radius 3 is 2.71 bits per heavy atom. The number of hydrogen-bond donors (Lipinski definition) is 0. The summed E-state index contributed by atoms with van der Waals surface area (Å²) >= 11 is 6.07. The van der Waals surface area contributed by atoms with Gasteiger partial charge in [-0.05, 0) is 31.0 Å². The van der Waals surface area contributed by atoms with Crippen molar-refractivity contribution in [2.75, 3.05) is 13.1 Å². The highest BCUT2D eigenvalue weighted by atomic mass is 35.5. The number of halogens is 1. The first-order valence-electron chi connectivity index (χ1n) is 8.74. The SMILES string of the molecule is CCCCC(=O)N1CCC2(CC1)CC(=O)c1cc(Cl)cc(C)c1O2. The maximum atomic E-state index is 12.6. The van der Waals surface area contributed by atoms with E-state index in [1.807, 2.05) is 17.9 Å². The lowest BCUT2D eigenvalue weighted by atomic mass is 9.82. The monoisotopic (exact) mass is 349 g/mol. The van der Waals surface area contributed by atoms with Crippen molar-refractivity contribution in [2.45, 2.75) is 58.0 Å². The molecule has 1 aromatic rings. The number of ketones is 1. The largest absolute Gasteiger partial charge is 0.486 e. The number of piperidine rings is 1. The van der Waals surface area contributed by atoms with Gasteiger partial charge in [-0.15, -0.1) is 0 Å². The topological polar surface area (TPSA) is 46.6 Å². The Hall–Kier alpha value is -1.55. The van der Waals surface area contributed by atoms with Crippen molar-refractivity contribution in [1.29, 1.82) is 0 Å². The van der Waals surface area contributed by atoms with Gasteiger partial charge >= 0.3 is 0 Å². The van der Waals surface area contributed by atoms with Gasteiger partial charge < -0.3 is 9.64 Å². The van der Waals surface area contributed by atoms with E-state index in [-0.39, 0.29) is 11.7 Å². The summed E-state index contributed by atoms with van der Waals surface area (Å²) in [6.07, 6.45) is 4.36. The van der Waals surface area contributed by atoms with Crippen LogP contribution in [-0.4, -0.2) is 35.3 Å². The van der Waals surface area contributed by atoms with Crippen LogP contribution in [0.2, 0.25) is 5.02 Å². The molecule has 2 aliphatic heterocycles. The predicted octanol–water partition coefficient (Wildman–Crippen LogP) is 4.17. The minimum Gasteiger partial charge on any atom is -0.486 e. The van der Waals surface area contributed by atoms with Crippen LogP contribution in [-0.2, 0) is 4.79 Å². The number of Topliss-reactive ketones (excluding diaryl/α,β-unsaturated/α-hetero) is 1. The summed E-state index contributed by atoms with van der Waals surface area (Å²) in [6.45, 7) is 5.34. The number of nitrogens with zero attached hydrogens (tertiary/aromatic N) is 1. The van der Waals surface area contributed by atoms with Crippen LogP contribution in [0.25, 0.3) is 0 Å². The Morgan fingerprint density at radius 1 is 1.33 bits per heavy atom. The summed E-state index contributed by atoms with van der Waals surface area (Å²) < 4.78 is 6.31. The molecule has 0 atom stereocenters. The summed E-state index contributed by atoms with van der Waals surface area (Å²) in [6, 6.07) is 3.53. The first-order chi connectivity index (χ1) is 11.4. The second kappa shape index (κ2) is 6.75. The summed E-state index contributed by atoms with van der Waals surface area (Å²) in [4.78, 5) is 26.7. The highest BCUT2D eigenvalue weighted by Gasteiger charge is 2.44. The lowest BCUT2D eigenvalue weighted by Gasteiger charge is -2.44. The van der Waals surface area contributed by atoms with Gasteiger partial charge in [0.25, 0.3) is 0 Å². The molecule has 2 heterocycles. The van der Waals surface area contributed by atoms with Gasteiger partial charge in [0.05, 0.1) is 12.0 Å². The second-order valence-electron chi connectivity index (χ2n) is 6.97. The van der Waals surface area contributed by atoms with Crippen molar-refractivity contribution in [2.24, 2.45) is 0 Å². The van der Waals surface area contributed by atoms with Gasteiger partial charge in [0.2, 0.25) is 5.91 Å². The summed E-state index contributed by atoms with van der Waals surface area (Å²) in [5.74, 6) is 0.978. The van der Waals surface area contributed by atoms with E-state index in [1.54, 1.807) is 6.07 Å². The molecule has 3 rings (SSSR count). The maximum Gasteiger partial charge on any atom is 0.222 e. The third-order valence-corrected chi connectivity index (χ3v) is 5.33. The Labute approximate surface area is 148 Å². The van der Waals surface area contributed by atoms with Crippen molar-refractivity contribution >= 4 is 23.3 Å². The van der Waals surface area contributed by atoms with Crippen molar-refractivity contribution in [3.8, 4) is 5.75 Å². The standard InChI is InChI=1S/C19H24ClNO3/c1-3-4-5-17(23)21-8-6-19(7-9-21)12-16(22)15-11-14(20)10-13(2)18(15)24-19/h10-11H,3-9,12H2,1-2H3. The first kappa shape index (κ1) is 17.3. The molecule has 0 radical (unpaired) electrons. The van der Waals surface area contributed by atoms with Gasteiger partial charge in [-0.1, -0.05) is 24.9 Å². The van der Waals surface area contributed by atoms with E-state index in [2.05, 4.69) is 6.92 Å². The summed E-state index contributed by atoms with van der Waals surface area (Å²) in [7, 11) is 0. The quantitative estimate of drug-likeness (QED) is 0.823. The van der Waals surface area contributed by atoms with Crippen LogP contribution in [0.15, 0.2) is 12.1 Å². The highest BCUT2D eigenvalue weighted by molar-refractivity contribution is 6.31. The third-order valence-electron chi connectivity index (χ3n) is 5.11. The zero-order valence-electron chi connectivity index (χ0n) is 14.4. The van der Waals surface area contributed by atoms with E-state index in [4.69, 9.17) is 16.3 Å². The molecule has 24 heavy (non-hydrogen) atoms. The number of amides is 1. The van der Waals surface area contributed by atoms with Crippen LogP contribution in [0.3, 0.4) is 0 Å². The average Bonchev–Trinajstić information content (AvgIpc) is 2.55. The van der Waals surface area contributed by atoms with Gasteiger partial charge in [-0.25, -0.2) is 0 Å². The molecule has 0 unspecified atom stereocenters. The molecule has 4 nitrogen and oxygen atoms in total. The molecule has 0 aliphatic carbocycles. The molecule has 1 aromatic carbocycles. The zero-order valence-corrected chi connectivity index (χ0v) is 15.1. The number of aryl methyl sites for hydroxylation is 1. The second-order valence-corrected chi connectivity index (χ2v) is 7.41. The highest BCUT2D eigenvalue weighted by Crippen LogP contribution is 2.42. The Balaban J connectivity index is 1.73. The number of likely N-dealkylation sites (tertiary alicyclic amines) is 1. The van der Waals surface area contributed by atoms with Crippen molar-refractivity contribution in [3.63, 3.8) is 0 Å². The van der Waals surface area contributed by atoms with Crippen LogP contribution in [0.1, 0.15) is 61.4 Å². The van der Waals surface area contributed by atoms with E-state index in [0.717, 1.165) is 18.4 Å². The van der Waals surface area contributed by atoms with Crippen LogP contribution < -0.4 is 4.74 Å². The molecule has 0 aromatic heterocycles. The Morgan fingerprint density at radius 2 is 2.04 bits per heavy atom. The molecule has 5 heteroatoms. The lowest BCUT2D eigenvalue weighted by molar-refractivity contribution is -0.134. The molecule has 1 amide bonds. The van der Waals surface area contributed by atoms with Gasteiger partial charge in [-0.3, -0.25) is 9.59 Å². The Bertz CT molecular complexity index is 663. The van der Waals surface area contributed by atoms with Crippen LogP contribution in [0.5, 0.6) is 5.75 Å². The van der Waals surface area contributed by atoms with Crippen molar-refractivity contribution in [3.05, 3.63) is 28.3 Å². The number of rotatable bonds is 3. The summed E-state index contributed by atoms with van der Waals surface area (Å²) in [5.41, 5.74) is 1.02. The molecular weight excluding hydrogens is 326 g/mol. The number of carbonyl (C=O) groups excluding carboxylic acids is 2. The molecule has 2 aliphatic rings. The predicted molar refractivity (Wildman–Crippen MR) is 93.8 cm³/mol. The minimum atomic E-state index is -0.468. The Kier molecular flexibility index (Phi) is 4.86. The van der Waals surface area contributed by atoms with E-state index in [1.165, 1.54) is 0 Å². The molecule has 0 saturated carbocycles. The molecule has 130 valence electrons. The van der Waals surface area contributed by atoms with E-state index in [9.17, 15) is 9.59 Å². The van der Waals surface area contributed by atoms with Gasteiger partial charge in [-0.2, -0.15) is 0 Å². The normalized spacial score (nSPS) is 19.1. The minimum absolute atomic E-state index is 0.0904. The molecular formula is C19H24ClNO3. The van der Waals surface area contributed by atoms with Crippen LogP contribution in [0, 0.1) is 6.92 Å². The molecule has 0 N–H and O–H groups in total. The van der Waals surface area contributed by atoms with Crippen molar-refractivity contribution < 1.29 is 14.3 Å². The van der Waals surface area contributed by atoms with Gasteiger partial charge in [0.15, 0.2) is 5.78 Å². The third kappa shape index (κ3) is 3.30. The van der Waals surface area contributed by atoms with Gasteiger partial charge in [0.1, 0.15) is 11.4 Å². The average molecular weight is 350 g/mol. The fraction of sp³-hybridized carbons (Fsp3) is 0.579. The van der Waals surface area contributed by atoms with Crippen LogP contribution in [0.4, 0.5) is 0 Å². The first-order valence-corrected chi connectivity index (χ1v) is 9.12. The molecule has 1 spiro atoms. The number of ether oxygens (including phenoxy) is 1. The molecule has 1 saturated heterocycles. The van der Waals surface area contributed by atoms with E-state index < -0.39 is 5.60 Å². The number of fused-ring (bicyclic) bond motifs is 1. The lowest BCUT2D eigenvalue weighted by Crippen LogP contribution is -2.52. The van der Waals surface area contributed by atoms with E-state index in [0.29, 0.717) is 55.1 Å². The smallest absolute Gasteiger partial charge is 0.222 e. The van der Waals surface area contributed by atoms with Gasteiger partial charge in [0, 0.05) is 37.4 Å². The summed E-state index contributed by atoms with van der Waals surface area (Å²) in [5, 5.41) is 0.565. The number of hydrogen-bond acceptors (Lipinski definition) is 3. The number of carbonyl (C=O) groups is 2. The number of benzene rings is 1. The molecule has 0 bridgehead atoms. The fourth-order valence-electron chi connectivity index (χ4n) is 3.64.